The Hall–Kier alpha value is -0.800. The molecule has 0 amide bonds. The normalized spacial score (nSPS) is 17.8. The van der Waals surface area contributed by atoms with Crippen molar-refractivity contribution in [3.63, 3.8) is 0 Å². The van der Waals surface area contributed by atoms with Gasteiger partial charge in [0.15, 0.2) is 0 Å². The van der Waals surface area contributed by atoms with Crippen LogP contribution in [0.5, 0.6) is 0 Å². The molecule has 1 saturated heterocycles. The van der Waals surface area contributed by atoms with E-state index in [-0.39, 0.29) is 0 Å². The fourth-order valence-corrected chi connectivity index (χ4v) is 2.66. The van der Waals surface area contributed by atoms with Crippen LogP contribution in [0.25, 0.3) is 0 Å². The zero-order valence-electron chi connectivity index (χ0n) is 10.6. The molecule has 0 unspecified atom stereocenters. The van der Waals surface area contributed by atoms with Gasteiger partial charge in [0.2, 0.25) is 0 Å². The topological polar surface area (TPSA) is 19.4 Å². The second kappa shape index (κ2) is 5.69. The molecule has 1 aliphatic heterocycles. The van der Waals surface area contributed by atoms with Crippen LogP contribution in [-0.4, -0.2) is 43.1 Å². The van der Waals surface area contributed by atoms with E-state index in [4.69, 9.17) is 11.6 Å². The van der Waals surface area contributed by atoms with E-state index in [1.807, 2.05) is 18.5 Å². The Morgan fingerprint density at radius 1 is 1.41 bits per heavy atom. The second-order valence-electron chi connectivity index (χ2n) is 4.82. The number of hydrogen-bond donors (Lipinski definition) is 0. The Bertz CT molecular complexity index is 359. The van der Waals surface area contributed by atoms with Gasteiger partial charge >= 0.3 is 0 Å². The van der Waals surface area contributed by atoms with Crippen LogP contribution in [0.1, 0.15) is 18.4 Å². The zero-order chi connectivity index (χ0) is 12.3. The molecular formula is C13H20ClN3. The highest BCUT2D eigenvalue weighted by molar-refractivity contribution is 6.17. The minimum Gasteiger partial charge on any atom is -0.370 e. The Labute approximate surface area is 108 Å². The van der Waals surface area contributed by atoms with Crippen molar-refractivity contribution in [2.75, 3.05) is 32.1 Å². The number of alkyl halides is 1. The molecule has 2 rings (SSSR count). The third kappa shape index (κ3) is 2.90. The van der Waals surface area contributed by atoms with Crippen LogP contribution in [0, 0.1) is 0 Å². The minimum absolute atomic E-state index is 0.561. The van der Waals surface area contributed by atoms with Crippen molar-refractivity contribution in [3.8, 4) is 0 Å². The number of nitrogens with zero attached hydrogens (tertiary/aromatic N) is 3. The zero-order valence-corrected chi connectivity index (χ0v) is 11.3. The molecule has 0 atom stereocenters. The molecule has 0 radical (unpaired) electrons. The molecule has 0 bridgehead atoms. The van der Waals surface area contributed by atoms with Gasteiger partial charge in [-0.1, -0.05) is 0 Å². The maximum atomic E-state index is 5.97. The SMILES string of the molecule is CN(C)C1CCN(c2cnccc2CCl)CC1. The molecular weight excluding hydrogens is 234 g/mol. The summed E-state index contributed by atoms with van der Waals surface area (Å²) < 4.78 is 0. The second-order valence-corrected chi connectivity index (χ2v) is 5.09. The molecule has 94 valence electrons. The molecule has 2 heterocycles. The molecule has 3 nitrogen and oxygen atoms in total. The van der Waals surface area contributed by atoms with E-state index in [1.165, 1.54) is 24.1 Å². The van der Waals surface area contributed by atoms with Crippen molar-refractivity contribution < 1.29 is 0 Å². The van der Waals surface area contributed by atoms with Gasteiger partial charge < -0.3 is 9.80 Å². The van der Waals surface area contributed by atoms with E-state index >= 15 is 0 Å². The summed E-state index contributed by atoms with van der Waals surface area (Å²) in [5.74, 6) is 0.561. The van der Waals surface area contributed by atoms with Crippen LogP contribution < -0.4 is 4.90 Å². The lowest BCUT2D eigenvalue weighted by Gasteiger charge is -2.37. The van der Waals surface area contributed by atoms with Crippen molar-refractivity contribution in [2.45, 2.75) is 24.8 Å². The molecule has 4 heteroatoms. The Morgan fingerprint density at radius 2 is 2.12 bits per heavy atom. The molecule has 0 spiro atoms. The van der Waals surface area contributed by atoms with Crippen LogP contribution in [0.4, 0.5) is 5.69 Å². The van der Waals surface area contributed by atoms with E-state index in [9.17, 15) is 0 Å². The van der Waals surface area contributed by atoms with Crippen LogP contribution in [0.2, 0.25) is 0 Å². The molecule has 1 aliphatic rings. The van der Waals surface area contributed by atoms with Crippen molar-refractivity contribution in [3.05, 3.63) is 24.0 Å². The largest absolute Gasteiger partial charge is 0.370 e. The molecule has 0 saturated carbocycles. The smallest absolute Gasteiger partial charge is 0.0597 e. The van der Waals surface area contributed by atoms with Gasteiger partial charge in [-0.2, -0.15) is 0 Å². The molecule has 1 aromatic rings. The molecule has 0 N–H and O–H groups in total. The van der Waals surface area contributed by atoms with E-state index in [1.54, 1.807) is 0 Å². The summed E-state index contributed by atoms with van der Waals surface area (Å²) in [5, 5.41) is 0. The third-order valence-corrected chi connectivity index (χ3v) is 3.85. The minimum atomic E-state index is 0.561. The first-order chi connectivity index (χ1) is 8.22. The number of rotatable bonds is 3. The lowest BCUT2D eigenvalue weighted by molar-refractivity contribution is 0.249. The Balaban J connectivity index is 2.05. The number of halogens is 1. The predicted molar refractivity (Wildman–Crippen MR) is 72.7 cm³/mol. The van der Waals surface area contributed by atoms with E-state index < -0.39 is 0 Å². The van der Waals surface area contributed by atoms with Gasteiger partial charge in [0.25, 0.3) is 0 Å². The van der Waals surface area contributed by atoms with Crippen molar-refractivity contribution in [1.29, 1.82) is 0 Å². The average Bonchev–Trinajstić information content (AvgIpc) is 2.39. The fourth-order valence-electron chi connectivity index (χ4n) is 2.44. The van der Waals surface area contributed by atoms with Gasteiger partial charge in [0.1, 0.15) is 0 Å². The van der Waals surface area contributed by atoms with Crippen molar-refractivity contribution in [2.24, 2.45) is 0 Å². The number of piperidine rings is 1. The quantitative estimate of drug-likeness (QED) is 0.771. The summed E-state index contributed by atoms with van der Waals surface area (Å²) in [5.41, 5.74) is 2.39. The lowest BCUT2D eigenvalue weighted by atomic mass is 10.0. The van der Waals surface area contributed by atoms with Crippen molar-refractivity contribution >= 4 is 17.3 Å². The maximum absolute atomic E-state index is 5.97. The summed E-state index contributed by atoms with van der Waals surface area (Å²) in [6, 6.07) is 2.72. The fraction of sp³-hybridized carbons (Fsp3) is 0.615. The molecule has 17 heavy (non-hydrogen) atoms. The van der Waals surface area contributed by atoms with Gasteiger partial charge in [0, 0.05) is 31.2 Å². The van der Waals surface area contributed by atoms with Gasteiger partial charge in [0.05, 0.1) is 11.9 Å². The van der Waals surface area contributed by atoms with E-state index in [0.29, 0.717) is 11.9 Å². The highest BCUT2D eigenvalue weighted by Crippen LogP contribution is 2.25. The predicted octanol–water partition coefficient (Wildman–Crippen LogP) is 2.35. The highest BCUT2D eigenvalue weighted by atomic mass is 35.5. The third-order valence-electron chi connectivity index (χ3n) is 3.57. The van der Waals surface area contributed by atoms with Crippen LogP contribution >= 0.6 is 11.6 Å². The first-order valence-electron chi connectivity index (χ1n) is 6.12. The van der Waals surface area contributed by atoms with Gasteiger partial charge in [-0.15, -0.1) is 11.6 Å². The van der Waals surface area contributed by atoms with Gasteiger partial charge in [-0.25, -0.2) is 0 Å². The average molecular weight is 254 g/mol. The van der Waals surface area contributed by atoms with Gasteiger partial charge in [-0.05, 0) is 38.6 Å². The summed E-state index contributed by atoms with van der Waals surface area (Å²) in [7, 11) is 4.32. The first kappa shape index (κ1) is 12.7. The van der Waals surface area contributed by atoms with Crippen LogP contribution in [0.15, 0.2) is 18.5 Å². The van der Waals surface area contributed by atoms with E-state index in [2.05, 4.69) is 28.9 Å². The Kier molecular flexibility index (Phi) is 4.24. The number of hydrogen-bond acceptors (Lipinski definition) is 3. The standard InChI is InChI=1S/C13H20ClN3/c1-16(2)12-4-7-17(8-5-12)13-10-15-6-3-11(13)9-14/h3,6,10,12H,4-5,7-9H2,1-2H3. The monoisotopic (exact) mass is 253 g/mol. The number of pyridine rings is 1. The first-order valence-corrected chi connectivity index (χ1v) is 6.66. The van der Waals surface area contributed by atoms with Crippen LogP contribution in [0.3, 0.4) is 0 Å². The summed E-state index contributed by atoms with van der Waals surface area (Å²) in [6.45, 7) is 2.19. The molecule has 1 aromatic heterocycles. The van der Waals surface area contributed by atoms with Crippen molar-refractivity contribution in [1.82, 2.24) is 9.88 Å². The Morgan fingerprint density at radius 3 is 2.71 bits per heavy atom. The molecule has 1 fully saturated rings. The van der Waals surface area contributed by atoms with Crippen LogP contribution in [-0.2, 0) is 5.88 Å². The number of anilines is 1. The number of aromatic nitrogens is 1. The lowest BCUT2D eigenvalue weighted by Crippen LogP contribution is -2.42. The highest BCUT2D eigenvalue weighted by Gasteiger charge is 2.21. The molecule has 0 aromatic carbocycles. The molecule has 0 aliphatic carbocycles. The summed E-state index contributed by atoms with van der Waals surface area (Å²) >= 11 is 5.97. The summed E-state index contributed by atoms with van der Waals surface area (Å²) in [6.07, 6.45) is 6.18. The van der Waals surface area contributed by atoms with E-state index in [0.717, 1.165) is 13.1 Å². The maximum Gasteiger partial charge on any atom is 0.0597 e. The summed E-state index contributed by atoms with van der Waals surface area (Å²) in [4.78, 5) is 8.94. The van der Waals surface area contributed by atoms with Gasteiger partial charge in [-0.3, -0.25) is 4.98 Å².